The van der Waals surface area contributed by atoms with E-state index in [4.69, 9.17) is 11.6 Å². The van der Waals surface area contributed by atoms with Crippen LogP contribution in [-0.4, -0.2) is 19.0 Å². The molecular weight excluding hydrogens is 224 g/mol. The number of benzene rings is 1. The van der Waals surface area contributed by atoms with Crippen molar-refractivity contribution in [3.63, 3.8) is 0 Å². The molecule has 3 nitrogen and oxygen atoms in total. The van der Waals surface area contributed by atoms with Gasteiger partial charge >= 0.3 is 0 Å². The highest BCUT2D eigenvalue weighted by Gasteiger charge is 2.28. The van der Waals surface area contributed by atoms with Crippen molar-refractivity contribution >= 4 is 23.2 Å². The predicted octanol–water partition coefficient (Wildman–Crippen LogP) is 2.13. The number of rotatable bonds is 3. The second kappa shape index (κ2) is 4.85. The van der Waals surface area contributed by atoms with Gasteiger partial charge in [0.2, 0.25) is 5.91 Å². The fourth-order valence-corrected chi connectivity index (χ4v) is 1.87. The first kappa shape index (κ1) is 11.4. The van der Waals surface area contributed by atoms with Gasteiger partial charge in [0.15, 0.2) is 0 Å². The van der Waals surface area contributed by atoms with E-state index in [0.717, 1.165) is 13.1 Å². The van der Waals surface area contributed by atoms with Crippen LogP contribution in [0.25, 0.3) is 0 Å². The first-order chi connectivity index (χ1) is 7.68. The van der Waals surface area contributed by atoms with Gasteiger partial charge in [-0.15, -0.1) is 0 Å². The highest BCUT2D eigenvalue weighted by atomic mass is 35.5. The predicted molar refractivity (Wildman–Crippen MR) is 65.6 cm³/mol. The molecule has 1 aliphatic rings. The third kappa shape index (κ3) is 2.36. The summed E-state index contributed by atoms with van der Waals surface area (Å²) in [4.78, 5) is 11.9. The summed E-state index contributed by atoms with van der Waals surface area (Å²) in [5.74, 6) is 0.514. The molecule has 4 heteroatoms. The average Bonchev–Trinajstić information content (AvgIpc) is 2.18. The normalized spacial score (nSPS) is 17.6. The van der Waals surface area contributed by atoms with Crippen LogP contribution in [0.3, 0.4) is 0 Å². The number of nitrogens with one attached hydrogen (secondary N) is 2. The molecule has 1 fully saturated rings. The van der Waals surface area contributed by atoms with E-state index in [-0.39, 0.29) is 11.8 Å². The zero-order valence-corrected chi connectivity index (χ0v) is 9.92. The topological polar surface area (TPSA) is 41.1 Å². The van der Waals surface area contributed by atoms with Crippen molar-refractivity contribution in [2.45, 2.75) is 6.92 Å². The molecule has 0 saturated carbocycles. The molecule has 1 unspecified atom stereocenters. The van der Waals surface area contributed by atoms with Crippen LogP contribution in [0, 0.1) is 11.8 Å². The first-order valence-corrected chi connectivity index (χ1v) is 5.82. The number of anilines is 1. The Morgan fingerprint density at radius 3 is 2.75 bits per heavy atom. The minimum Gasteiger partial charge on any atom is -0.325 e. The van der Waals surface area contributed by atoms with E-state index in [1.807, 2.05) is 25.1 Å². The number of carbonyl (C=O) groups is 1. The molecule has 16 heavy (non-hydrogen) atoms. The second-order valence-corrected chi connectivity index (χ2v) is 4.58. The molecule has 0 aromatic heterocycles. The van der Waals surface area contributed by atoms with Gasteiger partial charge in [-0.3, -0.25) is 4.79 Å². The van der Waals surface area contributed by atoms with E-state index >= 15 is 0 Å². The number of amides is 1. The van der Waals surface area contributed by atoms with Crippen LogP contribution in [0.5, 0.6) is 0 Å². The van der Waals surface area contributed by atoms with E-state index < -0.39 is 0 Å². The smallest absolute Gasteiger partial charge is 0.227 e. The van der Waals surface area contributed by atoms with Gasteiger partial charge in [0.05, 0.1) is 10.7 Å². The molecular formula is C12H15ClN2O. The van der Waals surface area contributed by atoms with E-state index in [1.54, 1.807) is 6.07 Å². The summed E-state index contributed by atoms with van der Waals surface area (Å²) in [6.45, 7) is 3.81. The molecule has 2 N–H and O–H groups in total. The Kier molecular flexibility index (Phi) is 3.46. The maximum absolute atomic E-state index is 11.9. The molecule has 0 radical (unpaired) electrons. The summed E-state index contributed by atoms with van der Waals surface area (Å²) < 4.78 is 0. The van der Waals surface area contributed by atoms with Crippen molar-refractivity contribution in [1.29, 1.82) is 0 Å². The summed E-state index contributed by atoms with van der Waals surface area (Å²) in [7, 11) is 0. The van der Waals surface area contributed by atoms with E-state index in [0.29, 0.717) is 16.6 Å². The van der Waals surface area contributed by atoms with E-state index in [9.17, 15) is 4.79 Å². The number of hydrogen-bond donors (Lipinski definition) is 2. The van der Waals surface area contributed by atoms with Gasteiger partial charge < -0.3 is 10.6 Å². The molecule has 1 saturated heterocycles. The second-order valence-electron chi connectivity index (χ2n) is 4.18. The minimum atomic E-state index is 0.0255. The summed E-state index contributed by atoms with van der Waals surface area (Å²) in [5.41, 5.74) is 0.688. The van der Waals surface area contributed by atoms with Crippen LogP contribution < -0.4 is 10.6 Å². The van der Waals surface area contributed by atoms with Gasteiger partial charge in [0, 0.05) is 5.92 Å². The Morgan fingerprint density at radius 2 is 2.19 bits per heavy atom. The molecule has 1 aliphatic heterocycles. The lowest BCUT2D eigenvalue weighted by Crippen LogP contribution is -2.48. The molecule has 1 atom stereocenters. The van der Waals surface area contributed by atoms with Gasteiger partial charge in [0.1, 0.15) is 0 Å². The molecule has 1 aromatic carbocycles. The summed E-state index contributed by atoms with van der Waals surface area (Å²) in [5, 5.41) is 6.61. The zero-order chi connectivity index (χ0) is 11.5. The van der Waals surface area contributed by atoms with Gasteiger partial charge in [-0.05, 0) is 31.1 Å². The Morgan fingerprint density at radius 1 is 1.50 bits per heavy atom. The number of carbonyl (C=O) groups excluding carboxylic acids is 1. The Bertz CT molecular complexity index is 390. The summed E-state index contributed by atoms with van der Waals surface area (Å²) >= 11 is 5.97. The zero-order valence-electron chi connectivity index (χ0n) is 9.16. The lowest BCUT2D eigenvalue weighted by atomic mass is 9.88. The standard InChI is InChI=1S/C12H15ClN2O/c1-8(9-6-14-7-9)12(16)15-11-5-3-2-4-10(11)13/h2-5,8-9,14H,6-7H2,1H3,(H,15,16). The molecule has 1 amide bonds. The highest BCUT2D eigenvalue weighted by Crippen LogP contribution is 2.23. The monoisotopic (exact) mass is 238 g/mol. The van der Waals surface area contributed by atoms with Gasteiger partial charge in [-0.1, -0.05) is 30.7 Å². The van der Waals surface area contributed by atoms with Crippen LogP contribution in [0.1, 0.15) is 6.92 Å². The maximum Gasteiger partial charge on any atom is 0.227 e. The van der Waals surface area contributed by atoms with Crippen molar-refractivity contribution in [2.75, 3.05) is 18.4 Å². The molecule has 0 spiro atoms. The highest BCUT2D eigenvalue weighted by molar-refractivity contribution is 6.33. The van der Waals surface area contributed by atoms with E-state index in [2.05, 4.69) is 10.6 Å². The molecule has 1 heterocycles. The molecule has 1 aromatic rings. The lowest BCUT2D eigenvalue weighted by molar-refractivity contribution is -0.121. The Balaban J connectivity index is 1.99. The molecule has 86 valence electrons. The largest absolute Gasteiger partial charge is 0.325 e. The summed E-state index contributed by atoms with van der Waals surface area (Å²) in [6.07, 6.45) is 0. The SMILES string of the molecule is CC(C(=O)Nc1ccccc1Cl)C1CNC1. The van der Waals surface area contributed by atoms with Crippen molar-refractivity contribution in [2.24, 2.45) is 11.8 Å². The lowest BCUT2D eigenvalue weighted by Gasteiger charge is -2.31. The van der Waals surface area contributed by atoms with Gasteiger partial charge in [-0.2, -0.15) is 0 Å². The fourth-order valence-electron chi connectivity index (χ4n) is 1.69. The fraction of sp³-hybridized carbons (Fsp3) is 0.417. The van der Waals surface area contributed by atoms with Crippen LogP contribution in [0.15, 0.2) is 24.3 Å². The molecule has 2 rings (SSSR count). The van der Waals surface area contributed by atoms with Crippen molar-refractivity contribution in [3.05, 3.63) is 29.3 Å². The van der Waals surface area contributed by atoms with E-state index in [1.165, 1.54) is 0 Å². The van der Waals surface area contributed by atoms with Crippen LogP contribution in [0.4, 0.5) is 5.69 Å². The third-order valence-electron chi connectivity index (χ3n) is 3.07. The quantitative estimate of drug-likeness (QED) is 0.847. The van der Waals surface area contributed by atoms with Crippen LogP contribution in [0.2, 0.25) is 5.02 Å². The van der Waals surface area contributed by atoms with Crippen molar-refractivity contribution in [3.8, 4) is 0 Å². The van der Waals surface area contributed by atoms with Crippen LogP contribution >= 0.6 is 11.6 Å². The van der Waals surface area contributed by atoms with Crippen molar-refractivity contribution in [1.82, 2.24) is 5.32 Å². The molecule has 0 bridgehead atoms. The maximum atomic E-state index is 11.9. The van der Waals surface area contributed by atoms with Gasteiger partial charge in [0.25, 0.3) is 0 Å². The first-order valence-electron chi connectivity index (χ1n) is 5.44. The minimum absolute atomic E-state index is 0.0255. The Labute approximate surface area is 100 Å². The number of hydrogen-bond acceptors (Lipinski definition) is 2. The Hall–Kier alpha value is -1.06. The summed E-state index contributed by atoms with van der Waals surface area (Å²) in [6, 6.07) is 7.28. The van der Waals surface area contributed by atoms with Crippen molar-refractivity contribution < 1.29 is 4.79 Å². The average molecular weight is 239 g/mol. The number of para-hydroxylation sites is 1. The third-order valence-corrected chi connectivity index (χ3v) is 3.40. The van der Waals surface area contributed by atoms with Gasteiger partial charge in [-0.25, -0.2) is 0 Å². The number of halogens is 1. The van der Waals surface area contributed by atoms with Crippen LogP contribution in [-0.2, 0) is 4.79 Å². The molecule has 0 aliphatic carbocycles.